The van der Waals surface area contributed by atoms with E-state index in [1.807, 2.05) is 0 Å². The van der Waals surface area contributed by atoms with Crippen LogP contribution >= 0.6 is 7.75 Å². The first-order chi connectivity index (χ1) is 23.0. The minimum atomic E-state index is -4.74. The van der Waals surface area contributed by atoms with Crippen molar-refractivity contribution in [2.45, 2.75) is 81.6 Å². The fraction of sp³-hybridized carbons (Fsp3) is 0.750. The summed E-state index contributed by atoms with van der Waals surface area (Å²) in [7, 11) is -4.74. The van der Waals surface area contributed by atoms with Gasteiger partial charge in [-0.25, -0.2) is 9.36 Å². The fourth-order valence-electron chi connectivity index (χ4n) is 4.33. The number of rotatable bonds is 18. The van der Waals surface area contributed by atoms with Crippen LogP contribution in [0.1, 0.15) is 74.1 Å². The van der Waals surface area contributed by atoms with Crippen LogP contribution in [0.4, 0.5) is 0 Å². The number of nitrogens with zero attached hydrogens (tertiary/aromatic N) is 5. The lowest BCUT2D eigenvalue weighted by molar-refractivity contribution is -0.140. The Morgan fingerprint density at radius 1 is 0.796 bits per heavy atom. The van der Waals surface area contributed by atoms with Crippen LogP contribution in [0, 0.1) is 6.92 Å². The summed E-state index contributed by atoms with van der Waals surface area (Å²) in [6.45, 7) is 29.3. The highest BCUT2D eigenvalue weighted by molar-refractivity contribution is 7.50. The maximum absolute atomic E-state index is 12.2. The number of H-pyrrole nitrogens is 1. The van der Waals surface area contributed by atoms with Gasteiger partial charge in [-0.15, -0.1) is 0 Å². The van der Waals surface area contributed by atoms with Crippen molar-refractivity contribution in [3.63, 3.8) is 0 Å². The van der Waals surface area contributed by atoms with Gasteiger partial charge in [-0.3, -0.25) is 28.5 Å². The van der Waals surface area contributed by atoms with E-state index in [0.717, 1.165) is 4.57 Å². The van der Waals surface area contributed by atoms with Gasteiger partial charge < -0.3 is 34.5 Å². The quantitative estimate of drug-likeness (QED) is 0.127. The maximum atomic E-state index is 12.2. The zero-order valence-corrected chi connectivity index (χ0v) is 32.1. The minimum Gasteiger partial charge on any atom is -0.480 e. The molecule has 0 bridgehead atoms. The van der Waals surface area contributed by atoms with E-state index >= 15 is 0 Å². The Labute approximate surface area is 291 Å². The predicted molar refractivity (Wildman–Crippen MR) is 192 cm³/mol. The lowest BCUT2D eigenvalue weighted by atomic mass is 10.3. The Bertz CT molecular complexity index is 1180. The third-order valence-corrected chi connectivity index (χ3v) is 9.13. The predicted octanol–water partition coefficient (Wildman–Crippen LogP) is 2.93. The summed E-state index contributed by atoms with van der Waals surface area (Å²) < 4.78 is 23.9. The summed E-state index contributed by atoms with van der Waals surface area (Å²) in [5.41, 5.74) is -0.982. The van der Waals surface area contributed by atoms with Crippen molar-refractivity contribution >= 4 is 19.7 Å². The molecule has 1 aromatic heterocycles. The molecular formula is C32H63N6O10P. The molecule has 0 aromatic carbocycles. The summed E-state index contributed by atoms with van der Waals surface area (Å²) in [5.74, 6) is -3.02. The number of carboxylic acids is 2. The smallest absolute Gasteiger partial charge is 0.406 e. The number of aliphatic carboxylic acids is 2. The second kappa shape index (κ2) is 27.1. The van der Waals surface area contributed by atoms with Gasteiger partial charge in [0.1, 0.15) is 19.2 Å². The molecule has 0 saturated carbocycles. The van der Waals surface area contributed by atoms with Crippen LogP contribution in [0.25, 0.3) is 0 Å². The van der Waals surface area contributed by atoms with Crippen molar-refractivity contribution in [2.24, 2.45) is 0 Å². The van der Waals surface area contributed by atoms with E-state index in [-0.39, 0.29) is 10.2 Å². The van der Waals surface area contributed by atoms with Crippen LogP contribution in [0.3, 0.4) is 0 Å². The molecule has 0 spiro atoms. The van der Waals surface area contributed by atoms with Gasteiger partial charge in [-0.05, 0) is 71.9 Å². The molecule has 0 fully saturated rings. The van der Waals surface area contributed by atoms with Crippen LogP contribution in [-0.2, 0) is 23.4 Å². The SMILES string of the molecule is CCN(CC)CC.CCN(CC)CC.CCN(CC)CC.Cc1cn([C@H]2C=C[C@@H](COP(=O)(O)N(CC(=O)O)CC(=O)O)O2)c(=O)[nH]c1=O. The molecule has 16 nitrogen and oxygen atoms in total. The van der Waals surface area contributed by atoms with Crippen LogP contribution < -0.4 is 11.2 Å². The molecule has 1 aliphatic rings. The van der Waals surface area contributed by atoms with Gasteiger partial charge in [-0.1, -0.05) is 68.4 Å². The standard InChI is InChI=1S/C14H18N3O10P.3C6H15N/c1-8-4-17(14(23)15-13(8)22)10-3-2-9(27-10)7-26-28(24,25)16(5-11(18)19)6-12(20)21;3*1-4-7(5-2)6-3/h2-4,9-10H,5-7H2,1H3,(H,18,19)(H,20,21)(H,24,25)(H,15,22,23);3*4-6H2,1-3H3/t9-,10+;;;/m0.../s1. The van der Waals surface area contributed by atoms with Gasteiger partial charge in [0.2, 0.25) is 0 Å². The molecule has 1 unspecified atom stereocenters. The van der Waals surface area contributed by atoms with E-state index in [2.05, 4.69) is 82.0 Å². The molecule has 286 valence electrons. The molecule has 17 heteroatoms. The molecule has 0 amide bonds. The second-order valence-electron chi connectivity index (χ2n) is 10.7. The minimum absolute atomic E-state index is 0.272. The molecule has 1 aromatic rings. The third kappa shape index (κ3) is 20.6. The van der Waals surface area contributed by atoms with Gasteiger partial charge in [0, 0.05) is 11.8 Å². The average Bonchev–Trinajstić information content (AvgIpc) is 3.53. The Balaban J connectivity index is 0. The van der Waals surface area contributed by atoms with Crippen molar-refractivity contribution in [2.75, 3.05) is 78.6 Å². The second-order valence-corrected chi connectivity index (χ2v) is 12.5. The first kappa shape index (κ1) is 48.4. The number of hydrogen-bond acceptors (Lipinski definition) is 10. The van der Waals surface area contributed by atoms with E-state index in [4.69, 9.17) is 19.5 Å². The number of aryl methyl sites for hydroxylation is 1. The molecule has 1 aliphatic heterocycles. The van der Waals surface area contributed by atoms with E-state index in [1.165, 1.54) is 84.2 Å². The highest BCUT2D eigenvalue weighted by Gasteiger charge is 2.35. The summed E-state index contributed by atoms with van der Waals surface area (Å²) in [6.07, 6.45) is 2.42. The highest BCUT2D eigenvalue weighted by atomic mass is 31.2. The monoisotopic (exact) mass is 722 g/mol. The van der Waals surface area contributed by atoms with E-state index in [0.29, 0.717) is 0 Å². The van der Waals surface area contributed by atoms with Crippen molar-refractivity contribution in [3.05, 3.63) is 44.8 Å². The van der Waals surface area contributed by atoms with E-state index < -0.39 is 63.0 Å². The van der Waals surface area contributed by atoms with Gasteiger partial charge >= 0.3 is 25.4 Å². The topological polar surface area (TPSA) is 198 Å². The van der Waals surface area contributed by atoms with Crippen molar-refractivity contribution in [1.29, 1.82) is 0 Å². The van der Waals surface area contributed by atoms with Gasteiger partial charge in [-0.2, -0.15) is 4.67 Å². The molecular weight excluding hydrogens is 659 g/mol. The summed E-state index contributed by atoms with van der Waals surface area (Å²) in [5, 5.41) is 17.5. The Kier molecular flexibility index (Phi) is 26.8. The Hall–Kier alpha value is -2.69. The summed E-state index contributed by atoms with van der Waals surface area (Å²) in [4.78, 5) is 63.9. The Morgan fingerprint density at radius 2 is 1.18 bits per heavy atom. The van der Waals surface area contributed by atoms with Crippen molar-refractivity contribution in [3.8, 4) is 0 Å². The number of carbonyl (C=O) groups is 2. The van der Waals surface area contributed by atoms with Crippen LogP contribution in [-0.4, -0.2) is 141 Å². The molecule has 2 rings (SSSR count). The van der Waals surface area contributed by atoms with Crippen LogP contribution in [0.15, 0.2) is 27.9 Å². The molecule has 0 aliphatic carbocycles. The van der Waals surface area contributed by atoms with Gasteiger partial charge in [0.15, 0.2) is 6.23 Å². The number of hydrogen-bond donors (Lipinski definition) is 4. The molecule has 2 heterocycles. The number of carboxylic acid groups (broad SMARTS) is 2. The largest absolute Gasteiger partial charge is 0.480 e. The lowest BCUT2D eigenvalue weighted by Crippen LogP contribution is -2.34. The summed E-state index contributed by atoms with van der Waals surface area (Å²) >= 11 is 0. The molecule has 3 atom stereocenters. The average molecular weight is 723 g/mol. The normalized spacial score (nSPS) is 16.4. The first-order valence-corrected chi connectivity index (χ1v) is 18.6. The number of aromatic nitrogens is 2. The zero-order chi connectivity index (χ0) is 38.2. The van der Waals surface area contributed by atoms with Gasteiger partial charge in [0.05, 0.1) is 6.61 Å². The maximum Gasteiger partial charge on any atom is 0.406 e. The molecule has 0 saturated heterocycles. The first-order valence-electron chi connectivity index (χ1n) is 17.0. The molecule has 0 radical (unpaired) electrons. The van der Waals surface area contributed by atoms with E-state index in [1.54, 1.807) is 0 Å². The third-order valence-electron chi connectivity index (χ3n) is 7.65. The number of ether oxygens (including phenoxy) is 1. The highest BCUT2D eigenvalue weighted by Crippen LogP contribution is 2.46. The lowest BCUT2D eigenvalue weighted by Gasteiger charge is -2.24. The fourth-order valence-corrected chi connectivity index (χ4v) is 5.43. The van der Waals surface area contributed by atoms with E-state index in [9.17, 15) is 28.6 Å². The summed E-state index contributed by atoms with van der Waals surface area (Å²) in [6, 6.07) is 0. The zero-order valence-electron chi connectivity index (χ0n) is 31.3. The molecule has 4 N–H and O–H groups in total. The van der Waals surface area contributed by atoms with Crippen LogP contribution in [0.2, 0.25) is 0 Å². The Morgan fingerprint density at radius 3 is 1.51 bits per heavy atom. The number of aromatic amines is 1. The van der Waals surface area contributed by atoms with Crippen molar-refractivity contribution < 1.29 is 38.5 Å². The molecule has 49 heavy (non-hydrogen) atoms. The van der Waals surface area contributed by atoms with Gasteiger partial charge in [0.25, 0.3) is 5.56 Å². The van der Waals surface area contributed by atoms with Crippen LogP contribution in [0.5, 0.6) is 0 Å². The number of nitrogens with one attached hydrogen (secondary N) is 1. The van der Waals surface area contributed by atoms with Crippen molar-refractivity contribution in [1.82, 2.24) is 28.9 Å².